The summed E-state index contributed by atoms with van der Waals surface area (Å²) in [5.41, 5.74) is 1.78. The topological polar surface area (TPSA) is 67.9 Å². The molecule has 166 valence electrons. The smallest absolute Gasteiger partial charge is 0.416 e. The number of ether oxygens (including phenoxy) is 2. The van der Waals surface area contributed by atoms with E-state index in [4.69, 9.17) is 9.47 Å². The molecule has 2 aromatic carbocycles. The lowest BCUT2D eigenvalue weighted by atomic mass is 10.1. The van der Waals surface area contributed by atoms with Crippen LogP contribution in [-0.2, 0) is 20.4 Å². The molecule has 3 rings (SSSR count). The number of anilines is 2. The molecule has 1 saturated heterocycles. The van der Waals surface area contributed by atoms with Crippen LogP contribution in [0, 0.1) is 13.8 Å². The molecule has 1 heterocycles. The molecule has 1 N–H and O–H groups in total. The summed E-state index contributed by atoms with van der Waals surface area (Å²) >= 11 is 0. The Balaban J connectivity index is 1.72. The summed E-state index contributed by atoms with van der Waals surface area (Å²) in [5.74, 6) is -1.42. The Labute approximate surface area is 177 Å². The van der Waals surface area contributed by atoms with Crippen LogP contribution in [0.5, 0.6) is 0 Å². The third kappa shape index (κ3) is 5.75. The van der Waals surface area contributed by atoms with Crippen LogP contribution in [0.3, 0.4) is 0 Å². The Bertz CT molecular complexity index is 970. The highest BCUT2D eigenvalue weighted by Crippen LogP contribution is 2.35. The van der Waals surface area contributed by atoms with Crippen molar-refractivity contribution in [1.82, 2.24) is 0 Å². The highest BCUT2D eigenvalue weighted by Gasteiger charge is 2.32. The molecule has 0 bridgehead atoms. The van der Waals surface area contributed by atoms with E-state index in [1.807, 2.05) is 18.7 Å². The fourth-order valence-corrected chi connectivity index (χ4v) is 3.16. The van der Waals surface area contributed by atoms with E-state index < -0.39 is 30.2 Å². The molecule has 0 aromatic heterocycles. The molecule has 0 spiro atoms. The van der Waals surface area contributed by atoms with Crippen LogP contribution >= 0.6 is 0 Å². The number of nitrogens with zero attached hydrogens (tertiary/aromatic N) is 1. The first kappa shape index (κ1) is 22.6. The first-order chi connectivity index (χ1) is 14.6. The molecule has 0 unspecified atom stereocenters. The average Bonchev–Trinajstić information content (AvgIpc) is 2.74. The maximum absolute atomic E-state index is 13.2. The second-order valence-electron chi connectivity index (χ2n) is 7.25. The molecule has 31 heavy (non-hydrogen) atoms. The molecule has 0 radical (unpaired) electrons. The molecule has 0 saturated carbocycles. The number of rotatable bonds is 5. The van der Waals surface area contributed by atoms with Gasteiger partial charge in [0.2, 0.25) is 0 Å². The molecule has 1 aliphatic rings. The number of benzene rings is 2. The number of carbonyl (C=O) groups excluding carboxylic acids is 2. The summed E-state index contributed by atoms with van der Waals surface area (Å²) in [5, 5.41) is 2.45. The maximum atomic E-state index is 13.2. The van der Waals surface area contributed by atoms with Crippen molar-refractivity contribution in [3.63, 3.8) is 0 Å². The zero-order chi connectivity index (χ0) is 22.6. The van der Waals surface area contributed by atoms with Crippen molar-refractivity contribution in [3.8, 4) is 0 Å². The van der Waals surface area contributed by atoms with Crippen LogP contribution in [-0.4, -0.2) is 44.8 Å². The number of halogens is 3. The number of carbonyl (C=O) groups is 2. The zero-order valence-corrected chi connectivity index (χ0v) is 17.2. The molecule has 0 aliphatic carbocycles. The van der Waals surface area contributed by atoms with Gasteiger partial charge in [0, 0.05) is 13.1 Å². The minimum absolute atomic E-state index is 0.00366. The molecule has 2 aromatic rings. The minimum atomic E-state index is -4.56. The van der Waals surface area contributed by atoms with Crippen LogP contribution in [0.15, 0.2) is 36.4 Å². The second-order valence-corrected chi connectivity index (χ2v) is 7.25. The van der Waals surface area contributed by atoms with Gasteiger partial charge in [-0.3, -0.25) is 4.79 Å². The predicted octanol–water partition coefficient (Wildman–Crippen LogP) is 3.95. The van der Waals surface area contributed by atoms with Gasteiger partial charge in [0.15, 0.2) is 6.61 Å². The van der Waals surface area contributed by atoms with Crippen molar-refractivity contribution in [1.29, 1.82) is 0 Å². The number of nitrogens with one attached hydrogen (secondary N) is 1. The molecule has 1 aliphatic heterocycles. The van der Waals surface area contributed by atoms with Crippen molar-refractivity contribution in [2.75, 3.05) is 43.1 Å². The third-order valence-corrected chi connectivity index (χ3v) is 5.03. The predicted molar refractivity (Wildman–Crippen MR) is 109 cm³/mol. The fourth-order valence-electron chi connectivity index (χ4n) is 3.16. The second kappa shape index (κ2) is 9.38. The first-order valence-electron chi connectivity index (χ1n) is 9.73. The van der Waals surface area contributed by atoms with Crippen molar-refractivity contribution < 1.29 is 32.2 Å². The molecule has 0 atom stereocenters. The van der Waals surface area contributed by atoms with Crippen molar-refractivity contribution in [3.05, 3.63) is 58.7 Å². The number of esters is 1. The fraction of sp³-hybridized carbons (Fsp3) is 0.364. The highest BCUT2D eigenvalue weighted by molar-refractivity contribution is 5.97. The Morgan fingerprint density at radius 3 is 2.42 bits per heavy atom. The van der Waals surface area contributed by atoms with Crippen LogP contribution in [0.2, 0.25) is 0 Å². The monoisotopic (exact) mass is 436 g/mol. The van der Waals surface area contributed by atoms with Crippen molar-refractivity contribution in [2.24, 2.45) is 0 Å². The van der Waals surface area contributed by atoms with Gasteiger partial charge in [0.1, 0.15) is 0 Å². The van der Waals surface area contributed by atoms with E-state index in [-0.39, 0.29) is 5.69 Å². The van der Waals surface area contributed by atoms with Gasteiger partial charge in [-0.05, 0) is 55.3 Å². The zero-order valence-electron chi connectivity index (χ0n) is 17.2. The molecular weight excluding hydrogens is 413 g/mol. The summed E-state index contributed by atoms with van der Waals surface area (Å²) in [4.78, 5) is 26.4. The Morgan fingerprint density at radius 1 is 1.06 bits per heavy atom. The standard InChI is InChI=1S/C22H23F3N2O4/c1-14-3-4-16(11-15(14)2)21(29)31-13-20(28)26-18-12-17(22(23,24)25)5-6-19(18)27-7-9-30-10-8-27/h3-6,11-12H,7-10,13H2,1-2H3,(H,26,28). The molecule has 1 fully saturated rings. The largest absolute Gasteiger partial charge is 0.452 e. The van der Waals surface area contributed by atoms with Gasteiger partial charge in [0.25, 0.3) is 5.91 Å². The summed E-state index contributed by atoms with van der Waals surface area (Å²) in [7, 11) is 0. The number of amides is 1. The van der Waals surface area contributed by atoms with Gasteiger partial charge in [-0.1, -0.05) is 6.07 Å². The lowest BCUT2D eigenvalue weighted by Crippen LogP contribution is -2.37. The van der Waals surface area contributed by atoms with Crippen LogP contribution in [0.4, 0.5) is 24.5 Å². The Hall–Kier alpha value is -3.07. The first-order valence-corrected chi connectivity index (χ1v) is 9.73. The van der Waals surface area contributed by atoms with Gasteiger partial charge in [0.05, 0.1) is 35.7 Å². The average molecular weight is 436 g/mol. The van der Waals surface area contributed by atoms with E-state index in [0.29, 0.717) is 37.6 Å². The summed E-state index contributed by atoms with van der Waals surface area (Å²) < 4.78 is 49.8. The number of morpholine rings is 1. The Morgan fingerprint density at radius 2 is 1.77 bits per heavy atom. The lowest BCUT2D eigenvalue weighted by molar-refractivity contribution is -0.137. The molecular formula is C22H23F3N2O4. The molecule has 9 heteroatoms. The lowest BCUT2D eigenvalue weighted by Gasteiger charge is -2.31. The van der Waals surface area contributed by atoms with Crippen molar-refractivity contribution in [2.45, 2.75) is 20.0 Å². The summed E-state index contributed by atoms with van der Waals surface area (Å²) in [6.07, 6.45) is -4.56. The van der Waals surface area contributed by atoms with E-state index in [0.717, 1.165) is 23.3 Å². The van der Waals surface area contributed by atoms with Crippen molar-refractivity contribution >= 4 is 23.3 Å². The van der Waals surface area contributed by atoms with Crippen LogP contribution < -0.4 is 10.2 Å². The van der Waals surface area contributed by atoms with Gasteiger partial charge >= 0.3 is 12.1 Å². The highest BCUT2D eigenvalue weighted by atomic mass is 19.4. The van der Waals surface area contributed by atoms with Gasteiger partial charge < -0.3 is 19.7 Å². The summed E-state index contributed by atoms with van der Waals surface area (Å²) in [6.45, 7) is 4.96. The van der Waals surface area contributed by atoms with Crippen LogP contribution in [0.25, 0.3) is 0 Å². The van der Waals surface area contributed by atoms with Crippen LogP contribution in [0.1, 0.15) is 27.0 Å². The number of hydrogen-bond acceptors (Lipinski definition) is 5. The maximum Gasteiger partial charge on any atom is 0.416 e. The Kier molecular flexibility index (Phi) is 6.84. The van der Waals surface area contributed by atoms with Gasteiger partial charge in [-0.25, -0.2) is 4.79 Å². The quantitative estimate of drug-likeness (QED) is 0.719. The van der Waals surface area contributed by atoms with E-state index in [2.05, 4.69) is 5.32 Å². The van der Waals surface area contributed by atoms with E-state index in [1.165, 1.54) is 6.07 Å². The van der Waals surface area contributed by atoms with Gasteiger partial charge in [-0.15, -0.1) is 0 Å². The van der Waals surface area contributed by atoms with Gasteiger partial charge in [-0.2, -0.15) is 13.2 Å². The van der Waals surface area contributed by atoms with E-state index >= 15 is 0 Å². The summed E-state index contributed by atoms with van der Waals surface area (Å²) in [6, 6.07) is 8.19. The van der Waals surface area contributed by atoms with E-state index in [9.17, 15) is 22.8 Å². The molecule has 1 amide bonds. The minimum Gasteiger partial charge on any atom is -0.452 e. The SMILES string of the molecule is Cc1ccc(C(=O)OCC(=O)Nc2cc(C(F)(F)F)ccc2N2CCOCC2)cc1C. The number of aryl methyl sites for hydroxylation is 2. The molecule has 6 nitrogen and oxygen atoms in total. The normalized spacial score (nSPS) is 14.3. The number of hydrogen-bond donors (Lipinski definition) is 1. The third-order valence-electron chi connectivity index (χ3n) is 5.03. The number of alkyl halides is 3. The van der Waals surface area contributed by atoms with E-state index in [1.54, 1.807) is 18.2 Å².